The molecule has 1 atom stereocenters. The van der Waals surface area contributed by atoms with Crippen molar-refractivity contribution in [1.29, 1.82) is 0 Å². The molecule has 2 fully saturated rings. The summed E-state index contributed by atoms with van der Waals surface area (Å²) in [4.78, 5) is 19.8. The number of aromatic nitrogens is 1. The lowest BCUT2D eigenvalue weighted by atomic mass is 10.1. The fourth-order valence-electron chi connectivity index (χ4n) is 4.95. The first kappa shape index (κ1) is 24.2. The average Bonchev–Trinajstić information content (AvgIpc) is 3.28. The van der Waals surface area contributed by atoms with Gasteiger partial charge in [0.25, 0.3) is 11.1 Å². The van der Waals surface area contributed by atoms with E-state index in [4.69, 9.17) is 4.74 Å². The van der Waals surface area contributed by atoms with E-state index in [1.165, 1.54) is 0 Å². The molecule has 0 saturated carbocycles. The van der Waals surface area contributed by atoms with Crippen molar-refractivity contribution in [3.63, 3.8) is 0 Å². The number of fused-ring (bicyclic) bond motifs is 1. The number of amides is 1. The molecular formula is C26H31N3O4S2. The number of rotatable bonds is 5. The van der Waals surface area contributed by atoms with Crippen LogP contribution in [0.2, 0.25) is 0 Å². The molecule has 2 aliphatic heterocycles. The highest BCUT2D eigenvalue weighted by atomic mass is 32.2. The molecule has 0 aliphatic carbocycles. The van der Waals surface area contributed by atoms with Gasteiger partial charge < -0.3 is 9.64 Å². The summed E-state index contributed by atoms with van der Waals surface area (Å²) in [5, 5.41) is 0.680. The second-order valence-corrected chi connectivity index (χ2v) is 12.4. The summed E-state index contributed by atoms with van der Waals surface area (Å²) in [6.07, 6.45) is 4.33. The Morgan fingerprint density at radius 1 is 1.03 bits per heavy atom. The molecule has 2 saturated heterocycles. The van der Waals surface area contributed by atoms with Gasteiger partial charge in [-0.2, -0.15) is 4.31 Å². The Kier molecular flexibility index (Phi) is 6.83. The Hall–Kier alpha value is -2.49. The Labute approximate surface area is 210 Å². The first-order valence-corrected chi connectivity index (χ1v) is 14.5. The van der Waals surface area contributed by atoms with Gasteiger partial charge in [0.15, 0.2) is 0 Å². The van der Waals surface area contributed by atoms with Crippen molar-refractivity contribution >= 4 is 37.5 Å². The van der Waals surface area contributed by atoms with Crippen molar-refractivity contribution in [1.82, 2.24) is 14.2 Å². The number of hydrogen-bond acceptors (Lipinski definition) is 6. The van der Waals surface area contributed by atoms with E-state index in [0.29, 0.717) is 30.4 Å². The van der Waals surface area contributed by atoms with E-state index in [1.807, 2.05) is 30.9 Å². The SMILES string of the molecule is Cc1cccc2sc(OC3CCN(C(=O)c4ccc(S(=O)(=O)N5CCCCC5C)cc4)CC3)nc12. The molecule has 7 nitrogen and oxygen atoms in total. The van der Waals surface area contributed by atoms with Gasteiger partial charge in [0.2, 0.25) is 10.0 Å². The second kappa shape index (κ2) is 9.87. The molecule has 3 heterocycles. The predicted octanol–water partition coefficient (Wildman–Crippen LogP) is 4.85. The van der Waals surface area contributed by atoms with Crippen molar-refractivity contribution < 1.29 is 17.9 Å². The maximum atomic E-state index is 13.1. The van der Waals surface area contributed by atoms with Gasteiger partial charge in [-0.1, -0.05) is 29.9 Å². The van der Waals surface area contributed by atoms with E-state index >= 15 is 0 Å². The molecule has 0 radical (unpaired) electrons. The number of benzene rings is 2. The minimum atomic E-state index is -3.54. The third-order valence-electron chi connectivity index (χ3n) is 7.05. The number of hydrogen-bond donors (Lipinski definition) is 0. The third kappa shape index (κ3) is 4.94. The Morgan fingerprint density at radius 3 is 2.46 bits per heavy atom. The number of sulfonamides is 1. The van der Waals surface area contributed by atoms with Gasteiger partial charge in [0.1, 0.15) is 6.10 Å². The van der Waals surface area contributed by atoms with Crippen LogP contribution in [0.5, 0.6) is 5.19 Å². The van der Waals surface area contributed by atoms with E-state index in [0.717, 1.165) is 47.9 Å². The number of thiazole rings is 1. The summed E-state index contributed by atoms with van der Waals surface area (Å²) in [6.45, 7) is 5.75. The van der Waals surface area contributed by atoms with Gasteiger partial charge in [-0.15, -0.1) is 0 Å². The molecule has 1 amide bonds. The standard InChI is InChI=1S/C26H31N3O4S2/c1-18-6-5-8-23-24(18)27-26(34-23)33-21-13-16-28(17-14-21)25(30)20-9-11-22(12-10-20)35(31,32)29-15-4-3-7-19(29)2/h5-6,8-12,19,21H,3-4,7,13-17H2,1-2H3. The molecule has 2 aromatic carbocycles. The molecule has 5 rings (SSSR count). The van der Waals surface area contributed by atoms with E-state index < -0.39 is 10.0 Å². The molecule has 0 N–H and O–H groups in total. The molecule has 9 heteroatoms. The van der Waals surface area contributed by atoms with Crippen LogP contribution in [0.1, 0.15) is 54.9 Å². The molecule has 1 aromatic heterocycles. The highest BCUT2D eigenvalue weighted by molar-refractivity contribution is 7.89. The van der Waals surface area contributed by atoms with Crippen LogP contribution >= 0.6 is 11.3 Å². The van der Waals surface area contributed by atoms with Gasteiger partial charge in [-0.25, -0.2) is 13.4 Å². The first-order chi connectivity index (χ1) is 16.8. The fourth-order valence-corrected chi connectivity index (χ4v) is 7.61. The van der Waals surface area contributed by atoms with Gasteiger partial charge in [0, 0.05) is 44.1 Å². The summed E-state index contributed by atoms with van der Waals surface area (Å²) in [5.41, 5.74) is 2.63. The summed E-state index contributed by atoms with van der Waals surface area (Å²) in [5.74, 6) is -0.0747. The lowest BCUT2D eigenvalue weighted by Gasteiger charge is -2.32. The van der Waals surface area contributed by atoms with Crippen LogP contribution in [-0.4, -0.2) is 60.3 Å². The number of piperidine rings is 2. The summed E-state index contributed by atoms with van der Waals surface area (Å²) < 4.78 is 35.0. The van der Waals surface area contributed by atoms with Crippen LogP contribution in [0.15, 0.2) is 47.4 Å². The summed E-state index contributed by atoms with van der Waals surface area (Å²) >= 11 is 1.56. The quantitative estimate of drug-likeness (QED) is 0.487. The Balaban J connectivity index is 1.19. The summed E-state index contributed by atoms with van der Waals surface area (Å²) in [6, 6.07) is 12.5. The highest BCUT2D eigenvalue weighted by Crippen LogP contribution is 2.31. The zero-order valence-electron chi connectivity index (χ0n) is 20.1. The molecule has 0 bridgehead atoms. The molecule has 186 valence electrons. The number of para-hydroxylation sites is 1. The first-order valence-electron chi connectivity index (χ1n) is 12.3. The van der Waals surface area contributed by atoms with Crippen molar-refractivity contribution in [2.75, 3.05) is 19.6 Å². The van der Waals surface area contributed by atoms with Crippen molar-refractivity contribution in [2.45, 2.75) is 63.0 Å². The van der Waals surface area contributed by atoms with E-state index in [-0.39, 0.29) is 22.9 Å². The van der Waals surface area contributed by atoms with Gasteiger partial charge in [-0.05, 0) is 62.6 Å². The Bertz CT molecular complexity index is 1310. The van der Waals surface area contributed by atoms with Crippen LogP contribution in [-0.2, 0) is 10.0 Å². The smallest absolute Gasteiger partial charge is 0.274 e. The predicted molar refractivity (Wildman–Crippen MR) is 138 cm³/mol. The molecular weight excluding hydrogens is 482 g/mol. The topological polar surface area (TPSA) is 79.8 Å². The van der Waals surface area contributed by atoms with Crippen LogP contribution in [0, 0.1) is 6.92 Å². The maximum Gasteiger partial charge on any atom is 0.274 e. The minimum Gasteiger partial charge on any atom is -0.467 e. The third-order valence-corrected chi connectivity index (χ3v) is 9.99. The lowest BCUT2D eigenvalue weighted by Crippen LogP contribution is -2.42. The Morgan fingerprint density at radius 2 is 1.77 bits per heavy atom. The largest absolute Gasteiger partial charge is 0.467 e. The van der Waals surface area contributed by atoms with Crippen LogP contribution in [0.3, 0.4) is 0 Å². The number of carbonyl (C=O) groups excluding carboxylic acids is 1. The number of ether oxygens (including phenoxy) is 1. The van der Waals surface area contributed by atoms with E-state index in [9.17, 15) is 13.2 Å². The van der Waals surface area contributed by atoms with Crippen LogP contribution < -0.4 is 4.74 Å². The molecule has 2 aliphatic rings. The zero-order chi connectivity index (χ0) is 24.6. The second-order valence-electron chi connectivity index (χ2n) is 9.50. The van der Waals surface area contributed by atoms with Gasteiger partial charge in [0.05, 0.1) is 15.1 Å². The van der Waals surface area contributed by atoms with Gasteiger partial charge >= 0.3 is 0 Å². The number of aryl methyl sites for hydroxylation is 1. The fraction of sp³-hybridized carbons (Fsp3) is 0.462. The molecule has 35 heavy (non-hydrogen) atoms. The summed E-state index contributed by atoms with van der Waals surface area (Å²) in [7, 11) is -3.54. The van der Waals surface area contributed by atoms with Crippen molar-refractivity contribution in [2.24, 2.45) is 0 Å². The van der Waals surface area contributed by atoms with E-state index in [1.54, 1.807) is 39.9 Å². The monoisotopic (exact) mass is 513 g/mol. The van der Waals surface area contributed by atoms with Gasteiger partial charge in [-0.3, -0.25) is 4.79 Å². The van der Waals surface area contributed by atoms with Crippen LogP contribution in [0.4, 0.5) is 0 Å². The minimum absolute atomic E-state index is 0.00496. The normalized spacial score (nSPS) is 20.3. The average molecular weight is 514 g/mol. The number of likely N-dealkylation sites (tertiary alicyclic amines) is 1. The van der Waals surface area contributed by atoms with E-state index in [2.05, 4.69) is 11.1 Å². The van der Waals surface area contributed by atoms with Crippen molar-refractivity contribution in [3.8, 4) is 5.19 Å². The molecule has 3 aromatic rings. The van der Waals surface area contributed by atoms with Crippen LogP contribution in [0.25, 0.3) is 10.2 Å². The maximum absolute atomic E-state index is 13.1. The lowest BCUT2D eigenvalue weighted by molar-refractivity contribution is 0.0595. The highest BCUT2D eigenvalue weighted by Gasteiger charge is 2.31. The molecule has 0 spiro atoms. The van der Waals surface area contributed by atoms with Crippen molar-refractivity contribution in [3.05, 3.63) is 53.6 Å². The number of carbonyl (C=O) groups is 1. The molecule has 1 unspecified atom stereocenters. The zero-order valence-corrected chi connectivity index (χ0v) is 21.8. The number of nitrogens with zero attached hydrogens (tertiary/aromatic N) is 3.